The number of fused-ring (bicyclic) bond motifs is 1. The van der Waals surface area contributed by atoms with Crippen LogP contribution in [0.3, 0.4) is 0 Å². The van der Waals surface area contributed by atoms with Gasteiger partial charge in [-0.3, -0.25) is 4.79 Å². The summed E-state index contributed by atoms with van der Waals surface area (Å²) in [6.45, 7) is 0. The zero-order valence-corrected chi connectivity index (χ0v) is 10.8. The minimum Gasteiger partial charge on any atom is -0.463 e. The standard InChI is InChI=1S/C15H14N2O2/c1-17(2)11-6-5-10-8-13(14-4-3-7-19-14)16-15(18)12(10)9-11/h3-9H,1-2H3,(H,16,18). The van der Waals surface area contributed by atoms with Crippen molar-refractivity contribution >= 4 is 16.5 Å². The molecule has 0 amide bonds. The zero-order valence-electron chi connectivity index (χ0n) is 10.8. The van der Waals surface area contributed by atoms with Crippen LogP contribution in [0.4, 0.5) is 5.69 Å². The first kappa shape index (κ1) is 11.6. The fourth-order valence-electron chi connectivity index (χ4n) is 2.09. The number of aromatic nitrogens is 1. The van der Waals surface area contributed by atoms with E-state index < -0.39 is 0 Å². The van der Waals surface area contributed by atoms with Gasteiger partial charge in [0.2, 0.25) is 0 Å². The maximum absolute atomic E-state index is 12.2. The average Bonchev–Trinajstić information content (AvgIpc) is 2.92. The predicted octanol–water partition coefficient (Wildman–Crippen LogP) is 2.85. The molecule has 96 valence electrons. The molecule has 2 aromatic heterocycles. The molecule has 0 bridgehead atoms. The number of nitrogens with zero attached hydrogens (tertiary/aromatic N) is 1. The molecule has 0 atom stereocenters. The van der Waals surface area contributed by atoms with Gasteiger partial charge in [0.25, 0.3) is 5.56 Å². The molecule has 2 heterocycles. The van der Waals surface area contributed by atoms with E-state index in [1.54, 1.807) is 12.3 Å². The van der Waals surface area contributed by atoms with Gasteiger partial charge in [0.1, 0.15) is 5.76 Å². The minimum atomic E-state index is -0.104. The van der Waals surface area contributed by atoms with E-state index in [1.807, 2.05) is 49.3 Å². The fourth-order valence-corrected chi connectivity index (χ4v) is 2.09. The Morgan fingerprint density at radius 1 is 1.16 bits per heavy atom. The Morgan fingerprint density at radius 2 is 2.00 bits per heavy atom. The minimum absolute atomic E-state index is 0.104. The van der Waals surface area contributed by atoms with Gasteiger partial charge in [0.15, 0.2) is 0 Å². The third-order valence-corrected chi connectivity index (χ3v) is 3.13. The lowest BCUT2D eigenvalue weighted by Gasteiger charge is -2.12. The Bertz CT molecular complexity index is 770. The van der Waals surface area contributed by atoms with E-state index in [9.17, 15) is 4.79 Å². The van der Waals surface area contributed by atoms with E-state index in [-0.39, 0.29) is 5.56 Å². The highest BCUT2D eigenvalue weighted by molar-refractivity contribution is 5.87. The molecule has 4 nitrogen and oxygen atoms in total. The first-order valence-corrected chi connectivity index (χ1v) is 6.03. The summed E-state index contributed by atoms with van der Waals surface area (Å²) in [5, 5.41) is 1.59. The molecule has 0 radical (unpaired) electrons. The average molecular weight is 254 g/mol. The summed E-state index contributed by atoms with van der Waals surface area (Å²) in [4.78, 5) is 17.0. The molecule has 0 aliphatic rings. The molecule has 0 spiro atoms. The van der Waals surface area contributed by atoms with Crippen LogP contribution in [-0.2, 0) is 0 Å². The number of hydrogen-bond acceptors (Lipinski definition) is 3. The van der Waals surface area contributed by atoms with Crippen molar-refractivity contribution in [3.8, 4) is 11.5 Å². The quantitative estimate of drug-likeness (QED) is 0.765. The second-order valence-electron chi connectivity index (χ2n) is 4.66. The SMILES string of the molecule is CN(C)c1ccc2cc(-c3ccco3)[nH]c(=O)c2c1. The third-order valence-electron chi connectivity index (χ3n) is 3.13. The molecular weight excluding hydrogens is 240 g/mol. The zero-order chi connectivity index (χ0) is 13.4. The van der Waals surface area contributed by atoms with Crippen LogP contribution in [0.2, 0.25) is 0 Å². The number of benzene rings is 1. The van der Waals surface area contributed by atoms with Gasteiger partial charge in [0, 0.05) is 25.2 Å². The van der Waals surface area contributed by atoms with Crippen molar-refractivity contribution in [2.75, 3.05) is 19.0 Å². The Kier molecular flexibility index (Phi) is 2.63. The summed E-state index contributed by atoms with van der Waals surface area (Å²) in [5.74, 6) is 0.663. The Balaban J connectivity index is 2.23. The Morgan fingerprint density at radius 3 is 2.68 bits per heavy atom. The van der Waals surface area contributed by atoms with Crippen LogP contribution in [-0.4, -0.2) is 19.1 Å². The molecule has 1 aromatic carbocycles. The molecule has 0 unspecified atom stereocenters. The van der Waals surface area contributed by atoms with Crippen LogP contribution in [0.5, 0.6) is 0 Å². The van der Waals surface area contributed by atoms with E-state index in [0.717, 1.165) is 11.1 Å². The van der Waals surface area contributed by atoms with Crippen LogP contribution in [0.15, 0.2) is 51.9 Å². The van der Waals surface area contributed by atoms with Gasteiger partial charge >= 0.3 is 0 Å². The van der Waals surface area contributed by atoms with Gasteiger partial charge in [-0.05, 0) is 35.7 Å². The Labute approximate surface area is 110 Å². The van der Waals surface area contributed by atoms with Crippen LogP contribution in [0.25, 0.3) is 22.2 Å². The maximum Gasteiger partial charge on any atom is 0.256 e. The van der Waals surface area contributed by atoms with Gasteiger partial charge < -0.3 is 14.3 Å². The lowest BCUT2D eigenvalue weighted by atomic mass is 10.1. The normalized spacial score (nSPS) is 10.8. The Hall–Kier alpha value is -2.49. The number of anilines is 1. The summed E-state index contributed by atoms with van der Waals surface area (Å²) < 4.78 is 5.31. The van der Waals surface area contributed by atoms with Crippen molar-refractivity contribution in [1.82, 2.24) is 4.98 Å². The van der Waals surface area contributed by atoms with Gasteiger partial charge in [-0.1, -0.05) is 6.07 Å². The number of pyridine rings is 1. The largest absolute Gasteiger partial charge is 0.463 e. The van der Waals surface area contributed by atoms with Crippen LogP contribution >= 0.6 is 0 Å². The summed E-state index contributed by atoms with van der Waals surface area (Å²) >= 11 is 0. The van der Waals surface area contributed by atoms with Crippen molar-refractivity contribution in [2.45, 2.75) is 0 Å². The monoisotopic (exact) mass is 254 g/mol. The number of rotatable bonds is 2. The molecule has 0 aliphatic heterocycles. The summed E-state index contributed by atoms with van der Waals surface area (Å²) in [6.07, 6.45) is 1.59. The molecule has 4 heteroatoms. The highest BCUT2D eigenvalue weighted by Gasteiger charge is 2.07. The highest BCUT2D eigenvalue weighted by atomic mass is 16.3. The molecule has 0 saturated heterocycles. The summed E-state index contributed by atoms with van der Waals surface area (Å²) in [7, 11) is 3.90. The van der Waals surface area contributed by atoms with E-state index >= 15 is 0 Å². The molecule has 0 aliphatic carbocycles. The van der Waals surface area contributed by atoms with Crippen molar-refractivity contribution < 1.29 is 4.42 Å². The van der Waals surface area contributed by atoms with E-state index in [2.05, 4.69) is 4.98 Å². The molecule has 3 rings (SSSR count). The van der Waals surface area contributed by atoms with Crippen LogP contribution in [0.1, 0.15) is 0 Å². The van der Waals surface area contributed by atoms with Gasteiger partial charge in [-0.15, -0.1) is 0 Å². The number of H-pyrrole nitrogens is 1. The predicted molar refractivity (Wildman–Crippen MR) is 76.6 cm³/mol. The molecule has 1 N–H and O–H groups in total. The number of furan rings is 1. The fraction of sp³-hybridized carbons (Fsp3) is 0.133. The molecule has 3 aromatic rings. The van der Waals surface area contributed by atoms with Crippen molar-refractivity contribution in [3.63, 3.8) is 0 Å². The van der Waals surface area contributed by atoms with E-state index in [1.165, 1.54) is 0 Å². The maximum atomic E-state index is 12.2. The topological polar surface area (TPSA) is 49.2 Å². The first-order valence-electron chi connectivity index (χ1n) is 6.03. The third kappa shape index (κ3) is 2.01. The van der Waals surface area contributed by atoms with Crippen LogP contribution in [0, 0.1) is 0 Å². The van der Waals surface area contributed by atoms with Crippen molar-refractivity contribution in [1.29, 1.82) is 0 Å². The second-order valence-corrected chi connectivity index (χ2v) is 4.66. The van der Waals surface area contributed by atoms with Gasteiger partial charge in [-0.2, -0.15) is 0 Å². The number of nitrogens with one attached hydrogen (secondary N) is 1. The molecule has 0 saturated carbocycles. The van der Waals surface area contributed by atoms with Gasteiger partial charge in [-0.25, -0.2) is 0 Å². The summed E-state index contributed by atoms with van der Waals surface area (Å²) in [6, 6.07) is 11.4. The summed E-state index contributed by atoms with van der Waals surface area (Å²) in [5.41, 5.74) is 1.59. The molecule has 0 fully saturated rings. The number of aromatic amines is 1. The van der Waals surface area contributed by atoms with Crippen molar-refractivity contribution in [2.24, 2.45) is 0 Å². The lowest BCUT2D eigenvalue weighted by Crippen LogP contribution is -2.11. The van der Waals surface area contributed by atoms with Crippen molar-refractivity contribution in [3.05, 3.63) is 53.0 Å². The highest BCUT2D eigenvalue weighted by Crippen LogP contribution is 2.23. The van der Waals surface area contributed by atoms with Gasteiger partial charge in [0.05, 0.1) is 12.0 Å². The van der Waals surface area contributed by atoms with E-state index in [4.69, 9.17) is 4.42 Å². The second kappa shape index (κ2) is 4.31. The molecular formula is C15H14N2O2. The van der Waals surface area contributed by atoms with Crippen LogP contribution < -0.4 is 10.5 Å². The number of hydrogen-bond donors (Lipinski definition) is 1. The van der Waals surface area contributed by atoms with E-state index in [0.29, 0.717) is 16.8 Å². The molecule has 19 heavy (non-hydrogen) atoms. The lowest BCUT2D eigenvalue weighted by molar-refractivity contribution is 0.580. The smallest absolute Gasteiger partial charge is 0.256 e. The first-order chi connectivity index (χ1) is 9.15.